The summed E-state index contributed by atoms with van der Waals surface area (Å²) >= 11 is 0. The van der Waals surface area contributed by atoms with Gasteiger partial charge in [-0.3, -0.25) is 0 Å². The van der Waals surface area contributed by atoms with Crippen LogP contribution in [0.4, 0.5) is 10.5 Å². The van der Waals surface area contributed by atoms with Gasteiger partial charge in [-0.15, -0.1) is 0 Å². The van der Waals surface area contributed by atoms with Crippen molar-refractivity contribution in [3.63, 3.8) is 0 Å². The highest BCUT2D eigenvalue weighted by molar-refractivity contribution is 5.90. The van der Waals surface area contributed by atoms with Gasteiger partial charge in [0.1, 0.15) is 5.75 Å². The van der Waals surface area contributed by atoms with Gasteiger partial charge in [0.15, 0.2) is 11.5 Å². The molecule has 0 bridgehead atoms. The molecule has 0 radical (unpaired) electrons. The van der Waals surface area contributed by atoms with Crippen molar-refractivity contribution in [1.82, 2.24) is 9.47 Å². The van der Waals surface area contributed by atoms with E-state index in [9.17, 15) is 4.79 Å². The van der Waals surface area contributed by atoms with E-state index in [1.807, 2.05) is 59.6 Å². The van der Waals surface area contributed by atoms with Crippen LogP contribution in [0.15, 0.2) is 54.7 Å². The number of nitrogens with one attached hydrogen (secondary N) is 1. The molecule has 0 spiro atoms. The number of aromatic nitrogens is 1. The van der Waals surface area contributed by atoms with Crippen molar-refractivity contribution in [3.8, 4) is 23.0 Å². The van der Waals surface area contributed by atoms with Gasteiger partial charge in [0, 0.05) is 30.7 Å². The zero-order chi connectivity index (χ0) is 22.7. The normalized spacial score (nSPS) is 15.0. The van der Waals surface area contributed by atoms with Gasteiger partial charge in [-0.2, -0.15) is 0 Å². The fourth-order valence-electron chi connectivity index (χ4n) is 4.08. The molecule has 2 heterocycles. The van der Waals surface area contributed by atoms with Gasteiger partial charge in [-0.05, 0) is 54.1 Å². The van der Waals surface area contributed by atoms with E-state index < -0.39 is 0 Å². The number of nitrogens with zero attached hydrogens (tertiary/aromatic N) is 2. The molecule has 8 heteroatoms. The second-order valence-electron chi connectivity index (χ2n) is 7.34. The number of carbonyl (C=O) groups is 1. The van der Waals surface area contributed by atoms with Crippen LogP contribution in [0, 0.1) is 0 Å². The fraction of sp³-hybridized carbons (Fsp3) is 0.292. The number of hydrogen-bond donors (Lipinski definition) is 1. The minimum absolute atomic E-state index is 0.193. The Morgan fingerprint density at radius 3 is 2.19 bits per heavy atom. The number of urea groups is 1. The monoisotopic (exact) mass is 437 g/mol. The number of ether oxygens (including phenoxy) is 4. The van der Waals surface area contributed by atoms with E-state index >= 15 is 0 Å². The van der Waals surface area contributed by atoms with E-state index in [0.717, 1.165) is 17.0 Å². The summed E-state index contributed by atoms with van der Waals surface area (Å²) in [7, 11) is 6.34. The number of carbonyl (C=O) groups excluding carboxylic acids is 1. The zero-order valence-corrected chi connectivity index (χ0v) is 18.6. The van der Waals surface area contributed by atoms with E-state index in [1.165, 1.54) is 0 Å². The molecular weight excluding hydrogens is 410 g/mol. The molecule has 1 aliphatic rings. The van der Waals surface area contributed by atoms with Gasteiger partial charge < -0.3 is 33.7 Å². The predicted octanol–water partition coefficient (Wildman–Crippen LogP) is 4.16. The third-order valence-electron chi connectivity index (χ3n) is 5.64. The van der Waals surface area contributed by atoms with Crippen LogP contribution in [0.25, 0.3) is 0 Å². The van der Waals surface area contributed by atoms with Crippen molar-refractivity contribution in [2.24, 2.45) is 0 Å². The Kier molecular flexibility index (Phi) is 6.11. The summed E-state index contributed by atoms with van der Waals surface area (Å²) in [5.41, 5.74) is 2.57. The standard InChI is InChI=1S/C24H27N3O5/c1-29-18-9-7-17(8-10-18)25-24(28)27-13-12-26-11-5-6-19(26)22(27)16-14-20(30-2)23(32-4)21(15-16)31-3/h5-11,14-15,22H,12-13H2,1-4H3,(H,25,28). The molecule has 1 unspecified atom stereocenters. The highest BCUT2D eigenvalue weighted by atomic mass is 16.5. The maximum absolute atomic E-state index is 13.4. The van der Waals surface area contributed by atoms with Gasteiger partial charge in [-0.1, -0.05) is 0 Å². The fourth-order valence-corrected chi connectivity index (χ4v) is 4.08. The molecule has 1 N–H and O–H groups in total. The van der Waals surface area contributed by atoms with Gasteiger partial charge in [-0.25, -0.2) is 4.79 Å². The Labute approximate surface area is 187 Å². The topological polar surface area (TPSA) is 74.2 Å². The number of fused-ring (bicyclic) bond motifs is 1. The quantitative estimate of drug-likeness (QED) is 0.627. The number of anilines is 1. The molecule has 2 amide bonds. The van der Waals surface area contributed by atoms with Crippen LogP contribution in [0.2, 0.25) is 0 Å². The number of hydrogen-bond acceptors (Lipinski definition) is 5. The smallest absolute Gasteiger partial charge is 0.322 e. The molecule has 32 heavy (non-hydrogen) atoms. The molecule has 168 valence electrons. The summed E-state index contributed by atoms with van der Waals surface area (Å²) in [6, 6.07) is 14.5. The summed E-state index contributed by atoms with van der Waals surface area (Å²) in [5, 5.41) is 3.00. The summed E-state index contributed by atoms with van der Waals surface area (Å²) in [6.07, 6.45) is 2.03. The van der Waals surface area contributed by atoms with Crippen LogP contribution < -0.4 is 24.3 Å². The van der Waals surface area contributed by atoms with Crippen LogP contribution in [-0.4, -0.2) is 50.5 Å². The Balaban J connectivity index is 1.72. The van der Waals surface area contributed by atoms with E-state index in [2.05, 4.69) is 9.88 Å². The lowest BCUT2D eigenvalue weighted by Crippen LogP contribution is -2.44. The molecule has 4 rings (SSSR count). The first-order valence-electron chi connectivity index (χ1n) is 10.3. The average Bonchev–Trinajstić information content (AvgIpc) is 3.31. The molecular formula is C24H27N3O5. The van der Waals surface area contributed by atoms with Crippen LogP contribution in [0.5, 0.6) is 23.0 Å². The maximum Gasteiger partial charge on any atom is 0.322 e. The summed E-state index contributed by atoms with van der Waals surface area (Å²) < 4.78 is 23.9. The van der Waals surface area contributed by atoms with Gasteiger partial charge in [0.2, 0.25) is 5.75 Å². The van der Waals surface area contributed by atoms with Gasteiger partial charge >= 0.3 is 6.03 Å². The van der Waals surface area contributed by atoms with Crippen molar-refractivity contribution in [3.05, 3.63) is 66.0 Å². The Morgan fingerprint density at radius 1 is 0.906 bits per heavy atom. The van der Waals surface area contributed by atoms with Crippen molar-refractivity contribution >= 4 is 11.7 Å². The number of rotatable bonds is 6. The van der Waals surface area contributed by atoms with E-state index in [4.69, 9.17) is 18.9 Å². The Morgan fingerprint density at radius 2 is 1.59 bits per heavy atom. The number of amides is 2. The molecule has 0 saturated carbocycles. The minimum atomic E-state index is -0.328. The summed E-state index contributed by atoms with van der Waals surface area (Å²) in [6.45, 7) is 1.25. The lowest BCUT2D eigenvalue weighted by atomic mass is 9.99. The highest BCUT2D eigenvalue weighted by Crippen LogP contribution is 2.43. The molecule has 8 nitrogen and oxygen atoms in total. The van der Waals surface area contributed by atoms with Crippen LogP contribution in [0.3, 0.4) is 0 Å². The average molecular weight is 437 g/mol. The summed E-state index contributed by atoms with van der Waals surface area (Å²) in [5.74, 6) is 2.33. The number of benzene rings is 2. The Bertz CT molecular complexity index is 1070. The molecule has 2 aromatic carbocycles. The van der Waals surface area contributed by atoms with Crippen molar-refractivity contribution in [2.45, 2.75) is 12.6 Å². The largest absolute Gasteiger partial charge is 0.497 e. The molecule has 0 aliphatic carbocycles. The van der Waals surface area contributed by atoms with E-state index in [0.29, 0.717) is 36.0 Å². The molecule has 1 aromatic heterocycles. The van der Waals surface area contributed by atoms with E-state index in [-0.39, 0.29) is 12.1 Å². The maximum atomic E-state index is 13.4. The highest BCUT2D eigenvalue weighted by Gasteiger charge is 2.33. The molecule has 0 saturated heterocycles. The van der Waals surface area contributed by atoms with E-state index in [1.54, 1.807) is 28.4 Å². The SMILES string of the molecule is COc1ccc(NC(=O)N2CCn3cccc3C2c2cc(OC)c(OC)c(OC)c2)cc1. The number of methoxy groups -OCH3 is 4. The first-order valence-corrected chi connectivity index (χ1v) is 10.3. The second-order valence-corrected chi connectivity index (χ2v) is 7.34. The first-order chi connectivity index (χ1) is 15.6. The lowest BCUT2D eigenvalue weighted by Gasteiger charge is -2.37. The molecule has 3 aromatic rings. The molecule has 0 fully saturated rings. The van der Waals surface area contributed by atoms with Crippen LogP contribution in [-0.2, 0) is 6.54 Å². The predicted molar refractivity (Wildman–Crippen MR) is 121 cm³/mol. The minimum Gasteiger partial charge on any atom is -0.497 e. The molecule has 1 atom stereocenters. The zero-order valence-electron chi connectivity index (χ0n) is 18.6. The lowest BCUT2D eigenvalue weighted by molar-refractivity contribution is 0.181. The first kappa shape index (κ1) is 21.4. The van der Waals surface area contributed by atoms with Crippen molar-refractivity contribution in [1.29, 1.82) is 0 Å². The van der Waals surface area contributed by atoms with Gasteiger partial charge in [0.25, 0.3) is 0 Å². The van der Waals surface area contributed by atoms with Crippen molar-refractivity contribution < 1.29 is 23.7 Å². The van der Waals surface area contributed by atoms with Gasteiger partial charge in [0.05, 0.1) is 34.5 Å². The summed E-state index contributed by atoms with van der Waals surface area (Å²) in [4.78, 5) is 15.2. The van der Waals surface area contributed by atoms with Crippen molar-refractivity contribution in [2.75, 3.05) is 40.3 Å². The third kappa shape index (κ3) is 3.91. The Hall–Kier alpha value is -3.81. The third-order valence-corrected chi connectivity index (χ3v) is 5.64. The second kappa shape index (κ2) is 9.13. The van der Waals surface area contributed by atoms with Crippen LogP contribution in [0.1, 0.15) is 17.3 Å². The molecule has 1 aliphatic heterocycles. The van der Waals surface area contributed by atoms with Crippen LogP contribution >= 0.6 is 0 Å².